The van der Waals surface area contributed by atoms with Crippen LogP contribution in [0.25, 0.3) is 0 Å². The summed E-state index contributed by atoms with van der Waals surface area (Å²) in [7, 11) is 1.56. The fourth-order valence-corrected chi connectivity index (χ4v) is 4.72. The Kier molecular flexibility index (Phi) is 8.27. The Labute approximate surface area is 215 Å². The molecule has 1 aliphatic carbocycles. The molecule has 1 aliphatic heterocycles. The van der Waals surface area contributed by atoms with Crippen molar-refractivity contribution in [1.82, 2.24) is 20.1 Å². The number of carbonyl (C=O) groups excluding carboxylic acids is 3. The average Bonchev–Trinajstić information content (AvgIpc) is 2.90. The first-order valence-electron chi connectivity index (χ1n) is 12.1. The van der Waals surface area contributed by atoms with Crippen LogP contribution in [-0.2, 0) is 4.79 Å². The number of hydrogen-bond donors (Lipinski definition) is 3. The van der Waals surface area contributed by atoms with Gasteiger partial charge in [-0.25, -0.2) is 9.78 Å². The number of nitrogens with zero attached hydrogens (tertiary/aromatic N) is 3. The van der Waals surface area contributed by atoms with Crippen molar-refractivity contribution in [2.45, 2.75) is 50.4 Å². The maximum atomic E-state index is 13.6. The van der Waals surface area contributed by atoms with Gasteiger partial charge in [0.15, 0.2) is 6.17 Å². The molecule has 2 aromatic rings. The second kappa shape index (κ2) is 11.6. The van der Waals surface area contributed by atoms with E-state index in [0.717, 1.165) is 25.7 Å². The Hall–Kier alpha value is -3.37. The second-order valence-corrected chi connectivity index (χ2v) is 9.45. The molecule has 1 saturated carbocycles. The van der Waals surface area contributed by atoms with Crippen LogP contribution in [0.4, 0.5) is 10.5 Å². The molecule has 4 rings (SSSR count). The number of methoxy groups -OCH3 is 1. The van der Waals surface area contributed by atoms with Gasteiger partial charge in [-0.05, 0) is 68.5 Å². The van der Waals surface area contributed by atoms with E-state index in [1.165, 1.54) is 22.1 Å². The number of urea groups is 1. The number of benzene rings is 1. The number of amides is 4. The normalized spacial score (nSPS) is 22.0. The van der Waals surface area contributed by atoms with E-state index >= 15 is 0 Å². The summed E-state index contributed by atoms with van der Waals surface area (Å²) in [6.45, 7) is 0.639. The summed E-state index contributed by atoms with van der Waals surface area (Å²) in [5.41, 5.74) is 6.85. The molecule has 2 aliphatic rings. The van der Waals surface area contributed by atoms with Crippen LogP contribution in [0.2, 0.25) is 5.15 Å². The lowest BCUT2D eigenvalue weighted by molar-refractivity contribution is -0.133. The highest BCUT2D eigenvalue weighted by atomic mass is 35.5. The number of carbonyl (C=O) groups is 3. The van der Waals surface area contributed by atoms with Crippen LogP contribution in [0.5, 0.6) is 5.75 Å². The lowest BCUT2D eigenvalue weighted by Gasteiger charge is -2.43. The smallest absolute Gasteiger partial charge is 0.323 e. The highest BCUT2D eigenvalue weighted by Crippen LogP contribution is 2.23. The molecule has 1 aromatic heterocycles. The lowest BCUT2D eigenvalue weighted by atomic mass is 9.91. The van der Waals surface area contributed by atoms with Gasteiger partial charge in [-0.15, -0.1) is 0 Å². The minimum absolute atomic E-state index is 0.0557. The predicted molar refractivity (Wildman–Crippen MR) is 136 cm³/mol. The quantitative estimate of drug-likeness (QED) is 0.526. The van der Waals surface area contributed by atoms with Crippen molar-refractivity contribution in [3.8, 4) is 5.75 Å². The first kappa shape index (κ1) is 25.7. The molecular formula is C25H31ClN6O4. The van der Waals surface area contributed by atoms with Crippen LogP contribution in [-0.4, -0.2) is 71.1 Å². The molecular weight excluding hydrogens is 484 g/mol. The highest BCUT2D eigenvalue weighted by Gasteiger charge is 2.41. The zero-order valence-corrected chi connectivity index (χ0v) is 20.9. The fourth-order valence-electron chi connectivity index (χ4n) is 4.61. The van der Waals surface area contributed by atoms with Crippen LogP contribution in [0.3, 0.4) is 0 Å². The molecule has 2 heterocycles. The number of pyridine rings is 1. The van der Waals surface area contributed by atoms with Crippen molar-refractivity contribution < 1.29 is 19.1 Å². The lowest BCUT2D eigenvalue weighted by Crippen LogP contribution is -2.65. The van der Waals surface area contributed by atoms with Crippen molar-refractivity contribution in [3.05, 3.63) is 53.3 Å². The van der Waals surface area contributed by atoms with E-state index in [2.05, 4.69) is 15.6 Å². The van der Waals surface area contributed by atoms with E-state index in [9.17, 15) is 14.4 Å². The summed E-state index contributed by atoms with van der Waals surface area (Å²) in [4.78, 5) is 47.2. The third-order valence-electron chi connectivity index (χ3n) is 6.58. The number of nitrogens with one attached hydrogen (secondary N) is 2. The molecule has 1 aromatic carbocycles. The van der Waals surface area contributed by atoms with Gasteiger partial charge >= 0.3 is 6.03 Å². The fraction of sp³-hybridized carbons (Fsp3) is 0.440. The molecule has 0 spiro atoms. The number of ether oxygens (including phenoxy) is 1. The standard InChI is InChI=1S/C25H31ClN6O4/c1-36-20-10-8-19(9-11-20)30-25(35)32-14-2-13-31(24(34)16-3-12-21(26)28-15-16)23(32)22(33)29-18-6-4-17(27)5-7-18/h3,8-12,15,17-18,23H,2,4-7,13-14,27H2,1H3,(H,29,33)(H,30,35). The van der Waals surface area contributed by atoms with Gasteiger partial charge in [0.25, 0.3) is 11.8 Å². The topological polar surface area (TPSA) is 130 Å². The van der Waals surface area contributed by atoms with Gasteiger partial charge in [-0.2, -0.15) is 0 Å². The van der Waals surface area contributed by atoms with Crippen LogP contribution >= 0.6 is 11.6 Å². The Bertz CT molecular complexity index is 1070. The average molecular weight is 515 g/mol. The molecule has 192 valence electrons. The Morgan fingerprint density at radius 1 is 1.03 bits per heavy atom. The van der Waals surface area contributed by atoms with Gasteiger partial charge in [-0.3, -0.25) is 14.5 Å². The predicted octanol–water partition coefficient (Wildman–Crippen LogP) is 2.84. The van der Waals surface area contributed by atoms with Gasteiger partial charge < -0.3 is 26.0 Å². The third kappa shape index (κ3) is 6.06. The summed E-state index contributed by atoms with van der Waals surface area (Å²) in [6.07, 6.45) is 3.92. The second-order valence-electron chi connectivity index (χ2n) is 9.07. The molecule has 11 heteroatoms. The molecule has 36 heavy (non-hydrogen) atoms. The molecule has 1 saturated heterocycles. The number of anilines is 1. The van der Waals surface area contributed by atoms with Crippen LogP contribution in [0.15, 0.2) is 42.6 Å². The first-order valence-corrected chi connectivity index (χ1v) is 12.4. The summed E-state index contributed by atoms with van der Waals surface area (Å²) in [6, 6.07) is 9.57. The molecule has 0 bridgehead atoms. The monoisotopic (exact) mass is 514 g/mol. The van der Waals surface area contributed by atoms with Crippen molar-refractivity contribution in [2.24, 2.45) is 5.73 Å². The van der Waals surface area contributed by atoms with Gasteiger partial charge in [0.1, 0.15) is 10.9 Å². The number of aromatic nitrogens is 1. The summed E-state index contributed by atoms with van der Waals surface area (Å²) in [5.74, 6) is -0.133. The van der Waals surface area contributed by atoms with E-state index in [0.29, 0.717) is 36.5 Å². The minimum Gasteiger partial charge on any atom is -0.497 e. The van der Waals surface area contributed by atoms with E-state index in [4.69, 9.17) is 22.1 Å². The Balaban J connectivity index is 1.57. The van der Waals surface area contributed by atoms with Gasteiger partial charge in [0.2, 0.25) is 0 Å². The highest BCUT2D eigenvalue weighted by molar-refractivity contribution is 6.29. The summed E-state index contributed by atoms with van der Waals surface area (Å²) < 4.78 is 5.17. The van der Waals surface area contributed by atoms with E-state index in [1.807, 2.05) is 0 Å². The van der Waals surface area contributed by atoms with Crippen molar-refractivity contribution >= 4 is 35.1 Å². The van der Waals surface area contributed by atoms with Crippen LogP contribution in [0, 0.1) is 0 Å². The number of hydrogen-bond acceptors (Lipinski definition) is 6. The maximum Gasteiger partial charge on any atom is 0.323 e. The summed E-state index contributed by atoms with van der Waals surface area (Å²) in [5, 5.41) is 6.15. The minimum atomic E-state index is -1.12. The Morgan fingerprint density at radius 3 is 2.36 bits per heavy atom. The molecule has 1 atom stereocenters. The first-order chi connectivity index (χ1) is 17.4. The molecule has 0 radical (unpaired) electrons. The summed E-state index contributed by atoms with van der Waals surface area (Å²) >= 11 is 5.88. The van der Waals surface area contributed by atoms with Crippen LogP contribution < -0.4 is 21.1 Å². The zero-order chi connectivity index (χ0) is 25.7. The maximum absolute atomic E-state index is 13.6. The molecule has 4 N–H and O–H groups in total. The number of nitrogens with two attached hydrogens (primary N) is 1. The number of halogens is 1. The molecule has 4 amide bonds. The largest absolute Gasteiger partial charge is 0.497 e. The molecule has 10 nitrogen and oxygen atoms in total. The van der Waals surface area contributed by atoms with Gasteiger partial charge in [-0.1, -0.05) is 11.6 Å². The van der Waals surface area contributed by atoms with E-state index in [1.54, 1.807) is 37.4 Å². The Morgan fingerprint density at radius 2 is 1.72 bits per heavy atom. The van der Waals surface area contributed by atoms with Crippen molar-refractivity contribution in [1.29, 1.82) is 0 Å². The molecule has 1 unspecified atom stereocenters. The molecule has 2 fully saturated rings. The third-order valence-corrected chi connectivity index (χ3v) is 6.80. The van der Waals surface area contributed by atoms with E-state index in [-0.39, 0.29) is 17.2 Å². The number of rotatable bonds is 5. The van der Waals surface area contributed by atoms with E-state index < -0.39 is 24.0 Å². The van der Waals surface area contributed by atoms with Crippen molar-refractivity contribution in [3.63, 3.8) is 0 Å². The van der Waals surface area contributed by atoms with Gasteiger partial charge in [0.05, 0.1) is 12.7 Å². The SMILES string of the molecule is COc1ccc(NC(=O)N2CCCN(C(=O)c3ccc(Cl)nc3)C2C(=O)NC2CCC(N)CC2)cc1. The van der Waals surface area contributed by atoms with Gasteiger partial charge in [0, 0.05) is 37.1 Å². The zero-order valence-electron chi connectivity index (χ0n) is 20.2. The van der Waals surface area contributed by atoms with Crippen LogP contribution in [0.1, 0.15) is 42.5 Å². The van der Waals surface area contributed by atoms with Crippen molar-refractivity contribution in [2.75, 3.05) is 25.5 Å².